The van der Waals surface area contributed by atoms with E-state index in [1.807, 2.05) is 13.0 Å². The summed E-state index contributed by atoms with van der Waals surface area (Å²) in [7, 11) is 0. The van der Waals surface area contributed by atoms with Gasteiger partial charge >= 0.3 is 0 Å². The molecule has 5 N–H and O–H groups in total. The van der Waals surface area contributed by atoms with Crippen molar-refractivity contribution in [3.63, 3.8) is 0 Å². The highest BCUT2D eigenvalue weighted by Crippen LogP contribution is 2.25. The molecule has 3 rings (SSSR count). The van der Waals surface area contributed by atoms with Gasteiger partial charge < -0.3 is 16.8 Å². The highest BCUT2D eigenvalue weighted by Gasteiger charge is 2.11. The zero-order valence-electron chi connectivity index (χ0n) is 15.8. The Balaban J connectivity index is 1.84. The fraction of sp³-hybridized carbons (Fsp3) is 0.0952. The summed E-state index contributed by atoms with van der Waals surface area (Å²) in [6.07, 6.45) is 2.29. The van der Waals surface area contributed by atoms with Gasteiger partial charge in [0.15, 0.2) is 6.29 Å². The van der Waals surface area contributed by atoms with E-state index in [1.54, 1.807) is 42.6 Å². The van der Waals surface area contributed by atoms with E-state index in [-0.39, 0.29) is 5.95 Å². The molecule has 29 heavy (non-hydrogen) atoms. The molecule has 0 aliphatic rings. The summed E-state index contributed by atoms with van der Waals surface area (Å²) in [4.78, 5) is 23.5. The van der Waals surface area contributed by atoms with E-state index in [2.05, 4.69) is 26.3 Å². The minimum absolute atomic E-state index is 0.0796. The van der Waals surface area contributed by atoms with Crippen molar-refractivity contribution in [3.05, 3.63) is 76.9 Å². The fourth-order valence-electron chi connectivity index (χ4n) is 2.79. The van der Waals surface area contributed by atoms with Gasteiger partial charge in [-0.2, -0.15) is 5.26 Å². The highest BCUT2D eigenvalue weighted by molar-refractivity contribution is 5.72. The summed E-state index contributed by atoms with van der Waals surface area (Å²) >= 11 is 0. The first-order valence-electron chi connectivity index (χ1n) is 8.77. The summed E-state index contributed by atoms with van der Waals surface area (Å²) in [5, 5.41) is 12.3. The Morgan fingerprint density at radius 2 is 2.00 bits per heavy atom. The van der Waals surface area contributed by atoms with Crippen molar-refractivity contribution in [1.29, 1.82) is 5.26 Å². The maximum Gasteiger partial charge on any atom is 0.221 e. The standard InChI is InChI=1S/C21H19N7O/c1-13-14(9-22)4-2-7-17(13)19-8-20(28-21(24)27-19)18(23)11-25-10-15-5-3-6-16(12-29)26-15/h2-8,11-12,25H,10,23H2,1H3,(H2,24,27,28)/b18-11-. The molecule has 0 unspecified atom stereocenters. The Kier molecular flexibility index (Phi) is 5.80. The van der Waals surface area contributed by atoms with Crippen LogP contribution in [0.2, 0.25) is 0 Å². The summed E-state index contributed by atoms with van der Waals surface area (Å²) < 4.78 is 0. The second-order valence-corrected chi connectivity index (χ2v) is 6.24. The first kappa shape index (κ1) is 19.5. The molecule has 0 aliphatic heterocycles. The van der Waals surface area contributed by atoms with Crippen LogP contribution in [-0.2, 0) is 6.54 Å². The van der Waals surface area contributed by atoms with Crippen molar-refractivity contribution in [2.75, 3.05) is 5.73 Å². The lowest BCUT2D eigenvalue weighted by Crippen LogP contribution is -2.12. The van der Waals surface area contributed by atoms with Gasteiger partial charge in [-0.25, -0.2) is 15.0 Å². The summed E-state index contributed by atoms with van der Waals surface area (Å²) in [6, 6.07) is 14.5. The molecular formula is C21H19N7O. The number of nitrogen functional groups attached to an aromatic ring is 1. The zero-order valence-corrected chi connectivity index (χ0v) is 15.8. The first-order chi connectivity index (χ1) is 14.0. The Labute approximate surface area is 167 Å². The number of nitrogens with zero attached hydrogens (tertiary/aromatic N) is 4. The molecule has 0 radical (unpaired) electrons. The van der Waals surface area contributed by atoms with Gasteiger partial charge in [0.25, 0.3) is 0 Å². The van der Waals surface area contributed by atoms with Crippen molar-refractivity contribution in [3.8, 4) is 17.3 Å². The van der Waals surface area contributed by atoms with Gasteiger partial charge in [-0.3, -0.25) is 4.79 Å². The molecule has 3 aromatic rings. The van der Waals surface area contributed by atoms with E-state index < -0.39 is 0 Å². The summed E-state index contributed by atoms with van der Waals surface area (Å²) in [5.41, 5.74) is 16.6. The number of carbonyl (C=O) groups excluding carboxylic acids is 1. The normalized spacial score (nSPS) is 11.0. The number of nitrogens with one attached hydrogen (secondary N) is 1. The minimum atomic E-state index is 0.0796. The summed E-state index contributed by atoms with van der Waals surface area (Å²) in [6.45, 7) is 2.24. The fourth-order valence-corrected chi connectivity index (χ4v) is 2.79. The molecule has 0 aliphatic carbocycles. The SMILES string of the molecule is Cc1c(C#N)cccc1-c1cc(/C(N)=C/NCc2cccc(C=O)n2)nc(N)n1. The number of aromatic nitrogens is 3. The Morgan fingerprint density at radius 1 is 1.21 bits per heavy atom. The second kappa shape index (κ2) is 8.63. The van der Waals surface area contributed by atoms with Crippen LogP contribution in [0, 0.1) is 18.3 Å². The monoisotopic (exact) mass is 385 g/mol. The van der Waals surface area contributed by atoms with Gasteiger partial charge in [0.05, 0.1) is 41.0 Å². The molecule has 2 heterocycles. The van der Waals surface area contributed by atoms with Gasteiger partial charge in [0.1, 0.15) is 5.69 Å². The number of anilines is 1. The average molecular weight is 385 g/mol. The lowest BCUT2D eigenvalue weighted by molar-refractivity contribution is 0.111. The molecule has 8 nitrogen and oxygen atoms in total. The molecule has 0 atom stereocenters. The molecule has 2 aromatic heterocycles. The highest BCUT2D eigenvalue weighted by atomic mass is 16.1. The van der Waals surface area contributed by atoms with E-state index in [0.29, 0.717) is 46.9 Å². The van der Waals surface area contributed by atoms with Gasteiger partial charge in [-0.05, 0) is 36.8 Å². The van der Waals surface area contributed by atoms with Crippen molar-refractivity contribution >= 4 is 17.9 Å². The molecular weight excluding hydrogens is 366 g/mol. The third-order valence-corrected chi connectivity index (χ3v) is 4.26. The number of hydrogen-bond acceptors (Lipinski definition) is 8. The maximum atomic E-state index is 10.8. The molecule has 0 fully saturated rings. The van der Waals surface area contributed by atoms with E-state index in [9.17, 15) is 10.1 Å². The van der Waals surface area contributed by atoms with Crippen LogP contribution in [0.25, 0.3) is 17.0 Å². The molecule has 0 saturated heterocycles. The van der Waals surface area contributed by atoms with Crippen LogP contribution in [0.5, 0.6) is 0 Å². The first-order valence-corrected chi connectivity index (χ1v) is 8.77. The molecule has 144 valence electrons. The van der Waals surface area contributed by atoms with Gasteiger partial charge in [0.2, 0.25) is 5.95 Å². The van der Waals surface area contributed by atoms with Crippen molar-refractivity contribution in [2.24, 2.45) is 5.73 Å². The number of rotatable bonds is 6. The second-order valence-electron chi connectivity index (χ2n) is 6.24. The number of nitrogens with two attached hydrogens (primary N) is 2. The van der Waals surface area contributed by atoms with Crippen LogP contribution >= 0.6 is 0 Å². The number of nitriles is 1. The largest absolute Gasteiger partial charge is 0.396 e. The van der Waals surface area contributed by atoms with Crippen LogP contribution in [0.15, 0.2) is 48.7 Å². The number of pyridine rings is 1. The molecule has 0 saturated carbocycles. The Bertz CT molecular complexity index is 1130. The molecule has 0 spiro atoms. The topological polar surface area (TPSA) is 144 Å². The predicted molar refractivity (Wildman–Crippen MR) is 110 cm³/mol. The minimum Gasteiger partial charge on any atom is -0.396 e. The van der Waals surface area contributed by atoms with E-state index >= 15 is 0 Å². The molecule has 1 aromatic carbocycles. The van der Waals surface area contributed by atoms with Crippen molar-refractivity contribution in [1.82, 2.24) is 20.3 Å². The lowest BCUT2D eigenvalue weighted by atomic mass is 10.00. The average Bonchev–Trinajstić information content (AvgIpc) is 2.73. The molecule has 0 bridgehead atoms. The van der Waals surface area contributed by atoms with E-state index in [0.717, 1.165) is 11.1 Å². The smallest absolute Gasteiger partial charge is 0.221 e. The van der Waals surface area contributed by atoms with Gasteiger partial charge in [-0.1, -0.05) is 18.2 Å². The predicted octanol–water partition coefficient (Wildman–Crippen LogP) is 2.16. The van der Waals surface area contributed by atoms with E-state index in [1.165, 1.54) is 0 Å². The number of aldehydes is 1. The van der Waals surface area contributed by atoms with Crippen LogP contribution in [0.1, 0.15) is 33.0 Å². The van der Waals surface area contributed by atoms with Crippen molar-refractivity contribution < 1.29 is 4.79 Å². The van der Waals surface area contributed by atoms with Gasteiger partial charge in [0, 0.05) is 11.8 Å². The summed E-state index contributed by atoms with van der Waals surface area (Å²) in [5.74, 6) is 0.0796. The lowest BCUT2D eigenvalue weighted by Gasteiger charge is -2.10. The van der Waals surface area contributed by atoms with Gasteiger partial charge in [-0.15, -0.1) is 0 Å². The Morgan fingerprint density at radius 3 is 2.76 bits per heavy atom. The zero-order chi connectivity index (χ0) is 20.8. The van der Waals surface area contributed by atoms with Crippen LogP contribution in [-0.4, -0.2) is 21.2 Å². The van der Waals surface area contributed by atoms with Crippen LogP contribution in [0.3, 0.4) is 0 Å². The number of benzene rings is 1. The molecule has 0 amide bonds. The van der Waals surface area contributed by atoms with Crippen LogP contribution < -0.4 is 16.8 Å². The number of hydrogen-bond donors (Lipinski definition) is 3. The van der Waals surface area contributed by atoms with E-state index in [4.69, 9.17) is 11.5 Å². The van der Waals surface area contributed by atoms with Crippen LogP contribution in [0.4, 0.5) is 5.95 Å². The Hall–Kier alpha value is -4.25. The third kappa shape index (κ3) is 4.54. The third-order valence-electron chi connectivity index (χ3n) is 4.26. The maximum absolute atomic E-state index is 10.8. The number of carbonyl (C=O) groups is 1. The quantitative estimate of drug-likeness (QED) is 0.548. The molecule has 8 heteroatoms. The van der Waals surface area contributed by atoms with Crippen molar-refractivity contribution in [2.45, 2.75) is 13.5 Å².